The molecule has 1 aromatic heterocycles. The van der Waals surface area contributed by atoms with Crippen LogP contribution >= 0.6 is 0 Å². The van der Waals surface area contributed by atoms with E-state index in [9.17, 15) is 4.79 Å². The molecule has 0 aliphatic carbocycles. The van der Waals surface area contributed by atoms with Crippen molar-refractivity contribution in [1.82, 2.24) is 15.8 Å². The van der Waals surface area contributed by atoms with Gasteiger partial charge in [-0.15, -0.1) is 0 Å². The van der Waals surface area contributed by atoms with Crippen LogP contribution in [-0.4, -0.2) is 23.2 Å². The zero-order valence-corrected chi connectivity index (χ0v) is 17.1. The summed E-state index contributed by atoms with van der Waals surface area (Å²) >= 11 is 0. The summed E-state index contributed by atoms with van der Waals surface area (Å²) in [6, 6.07) is 23.5. The number of aromatic nitrogens is 1. The van der Waals surface area contributed by atoms with Gasteiger partial charge in [0, 0.05) is 24.5 Å². The number of benzene rings is 2. The third-order valence-electron chi connectivity index (χ3n) is 5.05. The number of pyridine rings is 1. The molecule has 2 atom stereocenters. The predicted octanol–water partition coefficient (Wildman–Crippen LogP) is 3.95. The molecular weight excluding hydrogens is 390 g/mol. The quantitative estimate of drug-likeness (QED) is 0.583. The summed E-state index contributed by atoms with van der Waals surface area (Å²) in [5.74, 6) is 0. The molecule has 0 saturated heterocycles. The highest BCUT2D eigenvalue weighted by Crippen LogP contribution is 2.18. The number of hydroxylamine groups is 1. The molecule has 0 fully saturated rings. The molecule has 6 nitrogen and oxygen atoms in total. The van der Waals surface area contributed by atoms with Crippen LogP contribution in [0.25, 0.3) is 0 Å². The first-order valence-electron chi connectivity index (χ1n) is 10.3. The van der Waals surface area contributed by atoms with Gasteiger partial charge in [-0.05, 0) is 41.3 Å². The van der Waals surface area contributed by atoms with E-state index in [0.29, 0.717) is 6.42 Å². The van der Waals surface area contributed by atoms with Crippen molar-refractivity contribution in [2.75, 3.05) is 0 Å². The van der Waals surface area contributed by atoms with Gasteiger partial charge >= 0.3 is 6.09 Å². The van der Waals surface area contributed by atoms with Crippen LogP contribution in [-0.2, 0) is 29.0 Å². The van der Waals surface area contributed by atoms with E-state index in [0.717, 1.165) is 23.2 Å². The normalized spacial score (nSPS) is 16.1. The minimum absolute atomic E-state index is 0.186. The van der Waals surface area contributed by atoms with Gasteiger partial charge in [0.25, 0.3) is 0 Å². The van der Waals surface area contributed by atoms with Crippen LogP contribution < -0.4 is 10.8 Å². The number of rotatable bonds is 8. The van der Waals surface area contributed by atoms with E-state index >= 15 is 0 Å². The third-order valence-corrected chi connectivity index (χ3v) is 5.05. The molecule has 0 spiro atoms. The highest BCUT2D eigenvalue weighted by molar-refractivity contribution is 5.67. The Morgan fingerprint density at radius 3 is 2.35 bits per heavy atom. The van der Waals surface area contributed by atoms with Crippen LogP contribution in [0.1, 0.15) is 16.7 Å². The number of hydrogen-bond donors (Lipinski definition) is 2. The molecule has 0 radical (unpaired) electrons. The minimum Gasteiger partial charge on any atom is -0.445 e. The lowest BCUT2D eigenvalue weighted by Gasteiger charge is -2.22. The van der Waals surface area contributed by atoms with E-state index in [1.54, 1.807) is 12.4 Å². The number of carbonyl (C=O) groups excluding carboxylic acids is 1. The molecule has 1 amide bonds. The van der Waals surface area contributed by atoms with Gasteiger partial charge in [0.1, 0.15) is 12.7 Å². The summed E-state index contributed by atoms with van der Waals surface area (Å²) in [4.78, 5) is 22.3. The summed E-state index contributed by atoms with van der Waals surface area (Å²) in [7, 11) is 0. The Morgan fingerprint density at radius 1 is 0.968 bits per heavy atom. The van der Waals surface area contributed by atoms with Gasteiger partial charge in [-0.1, -0.05) is 60.7 Å². The van der Waals surface area contributed by atoms with E-state index < -0.39 is 6.09 Å². The first kappa shape index (κ1) is 20.6. The average Bonchev–Trinajstić information content (AvgIpc) is 3.28. The van der Waals surface area contributed by atoms with Gasteiger partial charge in [-0.3, -0.25) is 15.3 Å². The molecule has 2 unspecified atom stereocenters. The van der Waals surface area contributed by atoms with Gasteiger partial charge in [0.05, 0.1) is 6.04 Å². The Morgan fingerprint density at radius 2 is 1.65 bits per heavy atom. The molecule has 0 saturated carbocycles. The van der Waals surface area contributed by atoms with Crippen molar-refractivity contribution in [1.29, 1.82) is 0 Å². The monoisotopic (exact) mass is 415 g/mol. The molecular formula is C25H25N3O3. The van der Waals surface area contributed by atoms with Crippen LogP contribution in [0.3, 0.4) is 0 Å². The highest BCUT2D eigenvalue weighted by Gasteiger charge is 2.28. The smallest absolute Gasteiger partial charge is 0.407 e. The standard InChI is InChI=1S/C25H25N3O3/c29-25(30-18-21-11-13-26-14-12-21)27-23(16-20-9-5-2-6-10-20)24-17-22(28-31-24)15-19-7-3-1-4-8-19/h1-14,17,23-24,28H,15-16,18H2,(H,27,29). The fourth-order valence-corrected chi connectivity index (χ4v) is 3.46. The van der Waals surface area contributed by atoms with E-state index in [4.69, 9.17) is 9.57 Å². The second-order valence-corrected chi connectivity index (χ2v) is 7.41. The second kappa shape index (κ2) is 10.4. The Kier molecular flexibility index (Phi) is 6.92. The topological polar surface area (TPSA) is 72.5 Å². The van der Waals surface area contributed by atoms with E-state index in [1.807, 2.05) is 66.7 Å². The fraction of sp³-hybridized carbons (Fsp3) is 0.200. The Bertz CT molecular complexity index is 994. The molecule has 6 heteroatoms. The molecule has 1 aliphatic rings. The van der Waals surface area contributed by atoms with Crippen LogP contribution in [0.15, 0.2) is 97.0 Å². The lowest BCUT2D eigenvalue weighted by Crippen LogP contribution is -2.45. The Labute approximate surface area is 181 Å². The summed E-state index contributed by atoms with van der Waals surface area (Å²) in [6.07, 6.45) is 5.94. The zero-order chi connectivity index (χ0) is 21.3. The number of alkyl carbamates (subject to hydrolysis) is 1. The van der Waals surface area contributed by atoms with Gasteiger partial charge in [0.15, 0.2) is 0 Å². The average molecular weight is 415 g/mol. The van der Waals surface area contributed by atoms with Crippen molar-refractivity contribution in [2.24, 2.45) is 0 Å². The largest absolute Gasteiger partial charge is 0.445 e. The lowest BCUT2D eigenvalue weighted by atomic mass is 10.00. The third kappa shape index (κ3) is 6.17. The van der Waals surface area contributed by atoms with Crippen molar-refractivity contribution in [3.63, 3.8) is 0 Å². The number of allylic oxidation sites excluding steroid dienone is 1. The van der Waals surface area contributed by atoms with Crippen LogP contribution in [0, 0.1) is 0 Å². The zero-order valence-electron chi connectivity index (χ0n) is 17.1. The molecule has 0 bridgehead atoms. The maximum atomic E-state index is 12.5. The number of nitrogens with one attached hydrogen (secondary N) is 2. The predicted molar refractivity (Wildman–Crippen MR) is 118 cm³/mol. The molecule has 2 heterocycles. The number of carbonyl (C=O) groups is 1. The van der Waals surface area contributed by atoms with Crippen molar-refractivity contribution < 1.29 is 14.4 Å². The molecule has 2 N–H and O–H groups in total. The van der Waals surface area contributed by atoms with E-state index in [2.05, 4.69) is 27.9 Å². The molecule has 4 rings (SSSR count). The van der Waals surface area contributed by atoms with Crippen LogP contribution in [0.5, 0.6) is 0 Å². The van der Waals surface area contributed by atoms with Crippen LogP contribution in [0.2, 0.25) is 0 Å². The fourth-order valence-electron chi connectivity index (χ4n) is 3.46. The summed E-state index contributed by atoms with van der Waals surface area (Å²) in [5.41, 5.74) is 7.17. The minimum atomic E-state index is -0.480. The van der Waals surface area contributed by atoms with Crippen molar-refractivity contribution in [2.45, 2.75) is 31.6 Å². The number of nitrogens with zero attached hydrogens (tertiary/aromatic N) is 1. The van der Waals surface area contributed by atoms with E-state index in [-0.39, 0.29) is 18.8 Å². The van der Waals surface area contributed by atoms with Gasteiger partial charge in [-0.2, -0.15) is 0 Å². The SMILES string of the molecule is O=C(NC(Cc1ccccc1)C1C=C(Cc2ccccc2)NO1)OCc1ccncc1. The second-order valence-electron chi connectivity index (χ2n) is 7.41. The molecule has 31 heavy (non-hydrogen) atoms. The summed E-state index contributed by atoms with van der Waals surface area (Å²) < 4.78 is 5.40. The maximum Gasteiger partial charge on any atom is 0.407 e. The molecule has 1 aliphatic heterocycles. The summed E-state index contributed by atoms with van der Waals surface area (Å²) in [6.45, 7) is 0.186. The highest BCUT2D eigenvalue weighted by atomic mass is 16.7. The molecule has 3 aromatic rings. The summed E-state index contributed by atoms with van der Waals surface area (Å²) in [5, 5.41) is 2.98. The number of amides is 1. The van der Waals surface area contributed by atoms with Gasteiger partial charge < -0.3 is 10.1 Å². The molecule has 2 aromatic carbocycles. The Balaban J connectivity index is 1.42. The van der Waals surface area contributed by atoms with Gasteiger partial charge in [0.2, 0.25) is 0 Å². The van der Waals surface area contributed by atoms with E-state index in [1.165, 1.54) is 5.56 Å². The van der Waals surface area contributed by atoms with Gasteiger partial charge in [-0.25, -0.2) is 4.79 Å². The first-order valence-corrected chi connectivity index (χ1v) is 10.3. The number of ether oxygens (including phenoxy) is 1. The lowest BCUT2D eigenvalue weighted by molar-refractivity contribution is 0.0191. The van der Waals surface area contributed by atoms with Crippen LogP contribution in [0.4, 0.5) is 4.79 Å². The Hall–Kier alpha value is -3.64. The van der Waals surface area contributed by atoms with Crippen molar-refractivity contribution in [3.8, 4) is 0 Å². The maximum absolute atomic E-state index is 12.5. The first-order chi connectivity index (χ1) is 15.3. The molecule has 158 valence electrons. The van der Waals surface area contributed by atoms with Crippen molar-refractivity contribution in [3.05, 3.63) is 114 Å². The number of hydrogen-bond acceptors (Lipinski definition) is 5. The van der Waals surface area contributed by atoms with Crippen molar-refractivity contribution >= 4 is 6.09 Å².